The molecule has 1 aliphatic rings. The first-order valence-electron chi connectivity index (χ1n) is 10.3. The van der Waals surface area contributed by atoms with E-state index in [0.29, 0.717) is 36.6 Å². The summed E-state index contributed by atoms with van der Waals surface area (Å²) in [7, 11) is 5.53. The highest BCUT2D eigenvalue weighted by atomic mass is 16.5. The molecule has 2 rings (SSSR count). The zero-order valence-electron chi connectivity index (χ0n) is 18.5. The number of methoxy groups -OCH3 is 1. The van der Waals surface area contributed by atoms with Gasteiger partial charge in [0.05, 0.1) is 11.7 Å². The number of hydrogen-bond donors (Lipinski definition) is 1. The fourth-order valence-corrected chi connectivity index (χ4v) is 3.49. The molecule has 0 spiro atoms. The van der Waals surface area contributed by atoms with Crippen LogP contribution < -0.4 is 10.1 Å². The summed E-state index contributed by atoms with van der Waals surface area (Å²) >= 11 is 0. The normalized spacial score (nSPS) is 24.1. The van der Waals surface area contributed by atoms with Crippen molar-refractivity contribution < 1.29 is 19.1 Å². The van der Waals surface area contributed by atoms with E-state index < -0.39 is 0 Å². The number of amides is 2. The second-order valence-corrected chi connectivity index (χ2v) is 8.05. The maximum atomic E-state index is 13.2. The quantitative estimate of drug-likeness (QED) is 0.834. The van der Waals surface area contributed by atoms with Gasteiger partial charge in [-0.25, -0.2) is 0 Å². The Bertz CT molecular complexity index is 709. The smallest absolute Gasteiger partial charge is 0.257 e. The van der Waals surface area contributed by atoms with Crippen LogP contribution in [-0.2, 0) is 9.53 Å². The van der Waals surface area contributed by atoms with Gasteiger partial charge >= 0.3 is 0 Å². The summed E-state index contributed by atoms with van der Waals surface area (Å²) in [5, 5.41) is 2.86. The third kappa shape index (κ3) is 6.18. The van der Waals surface area contributed by atoms with Crippen molar-refractivity contribution in [2.45, 2.75) is 45.8 Å². The van der Waals surface area contributed by atoms with Crippen molar-refractivity contribution in [3.05, 3.63) is 23.8 Å². The molecule has 29 heavy (non-hydrogen) atoms. The number of fused-ring (bicyclic) bond motifs is 1. The van der Waals surface area contributed by atoms with Crippen LogP contribution in [0.1, 0.15) is 44.0 Å². The zero-order chi connectivity index (χ0) is 21.6. The predicted molar refractivity (Wildman–Crippen MR) is 114 cm³/mol. The Morgan fingerprint density at radius 2 is 2.00 bits per heavy atom. The number of hydrogen-bond acceptors (Lipinski definition) is 5. The Morgan fingerprint density at radius 3 is 2.66 bits per heavy atom. The van der Waals surface area contributed by atoms with Crippen LogP contribution in [0.2, 0.25) is 0 Å². The van der Waals surface area contributed by atoms with Crippen LogP contribution in [-0.4, -0.2) is 74.7 Å². The molecule has 0 saturated carbocycles. The number of ether oxygens (including phenoxy) is 2. The molecule has 0 radical (unpaired) electrons. The number of likely N-dealkylation sites (N-methyl/N-ethyl adjacent to an activating group) is 2. The lowest BCUT2D eigenvalue weighted by atomic mass is 10.0. The Morgan fingerprint density at radius 1 is 1.28 bits per heavy atom. The second kappa shape index (κ2) is 10.6. The maximum Gasteiger partial charge on any atom is 0.257 e. The summed E-state index contributed by atoms with van der Waals surface area (Å²) in [4.78, 5) is 29.1. The molecule has 0 saturated heterocycles. The Kier molecular flexibility index (Phi) is 8.46. The van der Waals surface area contributed by atoms with E-state index in [1.165, 1.54) is 0 Å². The van der Waals surface area contributed by atoms with E-state index >= 15 is 0 Å². The van der Waals surface area contributed by atoms with Crippen molar-refractivity contribution in [3.63, 3.8) is 0 Å². The van der Waals surface area contributed by atoms with E-state index in [4.69, 9.17) is 9.47 Å². The molecule has 2 amide bonds. The van der Waals surface area contributed by atoms with E-state index in [-0.39, 0.29) is 29.9 Å². The SMILES string of the molecule is CCCC(=O)Nc1ccc2c(c1)C(=O)N(C)C[C@@H](OC)[C@@H](C)CN(C)[C@H](C)CO2. The van der Waals surface area contributed by atoms with E-state index in [1.54, 1.807) is 37.3 Å². The van der Waals surface area contributed by atoms with E-state index in [1.807, 2.05) is 6.92 Å². The number of nitrogens with one attached hydrogen (secondary N) is 1. The summed E-state index contributed by atoms with van der Waals surface area (Å²) in [6.07, 6.45) is 1.14. The molecule has 1 aromatic carbocycles. The van der Waals surface area contributed by atoms with Crippen LogP contribution in [0.3, 0.4) is 0 Å². The minimum absolute atomic E-state index is 0.0640. The van der Waals surface area contributed by atoms with Gasteiger partial charge in [0, 0.05) is 45.4 Å². The third-order valence-corrected chi connectivity index (χ3v) is 5.52. The van der Waals surface area contributed by atoms with Gasteiger partial charge in [0.1, 0.15) is 12.4 Å². The number of nitrogens with zero attached hydrogens (tertiary/aromatic N) is 2. The van der Waals surface area contributed by atoms with Crippen LogP contribution in [0.15, 0.2) is 18.2 Å². The van der Waals surface area contributed by atoms with E-state index in [0.717, 1.165) is 13.0 Å². The van der Waals surface area contributed by atoms with Crippen LogP contribution >= 0.6 is 0 Å². The lowest BCUT2D eigenvalue weighted by Crippen LogP contribution is -2.45. The molecule has 0 aliphatic carbocycles. The average Bonchev–Trinajstić information content (AvgIpc) is 2.69. The Hall–Kier alpha value is -2.12. The van der Waals surface area contributed by atoms with Gasteiger partial charge in [0.25, 0.3) is 5.91 Å². The van der Waals surface area contributed by atoms with Gasteiger partial charge in [-0.05, 0) is 44.5 Å². The molecule has 7 nitrogen and oxygen atoms in total. The lowest BCUT2D eigenvalue weighted by Gasteiger charge is -2.34. The molecule has 0 unspecified atom stereocenters. The molecule has 162 valence electrons. The van der Waals surface area contributed by atoms with Crippen molar-refractivity contribution in [1.82, 2.24) is 9.80 Å². The molecule has 0 fully saturated rings. The van der Waals surface area contributed by atoms with E-state index in [2.05, 4.69) is 31.1 Å². The minimum atomic E-state index is -0.151. The predicted octanol–water partition coefficient (Wildman–Crippen LogP) is 2.86. The number of rotatable bonds is 4. The molecular weight excluding hydrogens is 370 g/mol. The molecule has 1 aliphatic heterocycles. The van der Waals surface area contributed by atoms with Gasteiger partial charge in [-0.15, -0.1) is 0 Å². The highest BCUT2D eigenvalue weighted by Crippen LogP contribution is 2.26. The monoisotopic (exact) mass is 405 g/mol. The van der Waals surface area contributed by atoms with Crippen LogP contribution in [0.5, 0.6) is 5.75 Å². The lowest BCUT2D eigenvalue weighted by molar-refractivity contribution is -0.116. The summed E-state index contributed by atoms with van der Waals surface area (Å²) in [6, 6.07) is 5.42. The van der Waals surface area contributed by atoms with Gasteiger partial charge in [-0.2, -0.15) is 0 Å². The minimum Gasteiger partial charge on any atom is -0.491 e. The highest BCUT2D eigenvalue weighted by molar-refractivity contribution is 5.99. The summed E-state index contributed by atoms with van der Waals surface area (Å²) in [5.41, 5.74) is 1.04. The van der Waals surface area contributed by atoms with Crippen molar-refractivity contribution in [2.24, 2.45) is 5.92 Å². The number of carbonyl (C=O) groups is 2. The summed E-state index contributed by atoms with van der Waals surface area (Å²) in [6.45, 7) is 7.98. The van der Waals surface area contributed by atoms with Crippen molar-refractivity contribution >= 4 is 17.5 Å². The molecule has 0 aromatic heterocycles. The number of benzene rings is 1. The van der Waals surface area contributed by atoms with Gasteiger partial charge in [0.2, 0.25) is 5.91 Å². The van der Waals surface area contributed by atoms with Gasteiger partial charge in [-0.1, -0.05) is 13.8 Å². The molecule has 3 atom stereocenters. The first-order chi connectivity index (χ1) is 13.8. The average molecular weight is 406 g/mol. The summed E-state index contributed by atoms with van der Waals surface area (Å²) in [5.74, 6) is 0.563. The fraction of sp³-hybridized carbons (Fsp3) is 0.636. The van der Waals surface area contributed by atoms with Crippen LogP contribution in [0.25, 0.3) is 0 Å². The van der Waals surface area contributed by atoms with Gasteiger partial charge < -0.3 is 19.7 Å². The highest BCUT2D eigenvalue weighted by Gasteiger charge is 2.27. The van der Waals surface area contributed by atoms with Crippen LogP contribution in [0, 0.1) is 5.92 Å². The molecular formula is C22H35N3O4. The van der Waals surface area contributed by atoms with Gasteiger partial charge in [-0.3, -0.25) is 14.5 Å². The summed E-state index contributed by atoms with van der Waals surface area (Å²) < 4.78 is 11.7. The van der Waals surface area contributed by atoms with Crippen molar-refractivity contribution in [2.75, 3.05) is 46.2 Å². The van der Waals surface area contributed by atoms with Crippen molar-refractivity contribution in [1.29, 1.82) is 0 Å². The number of carbonyl (C=O) groups excluding carboxylic acids is 2. The molecule has 1 heterocycles. The fourth-order valence-electron chi connectivity index (χ4n) is 3.49. The van der Waals surface area contributed by atoms with Crippen LogP contribution in [0.4, 0.5) is 5.69 Å². The van der Waals surface area contributed by atoms with Crippen molar-refractivity contribution in [3.8, 4) is 5.75 Å². The molecule has 1 aromatic rings. The second-order valence-electron chi connectivity index (χ2n) is 8.05. The molecule has 1 N–H and O–H groups in total. The molecule has 7 heteroatoms. The standard InChI is InChI=1S/C22H35N3O4/c1-7-8-21(26)23-17-9-10-19-18(11-17)22(27)25(5)13-20(28-6)15(2)12-24(4)16(3)14-29-19/h9-11,15-16,20H,7-8,12-14H2,1-6H3,(H,23,26)/t15-,16+,20+/m0/s1. The molecule has 0 bridgehead atoms. The van der Waals surface area contributed by atoms with E-state index in [9.17, 15) is 9.59 Å². The number of anilines is 1. The Labute approximate surface area is 174 Å². The van der Waals surface area contributed by atoms with Gasteiger partial charge in [0.15, 0.2) is 0 Å². The zero-order valence-corrected chi connectivity index (χ0v) is 18.5. The maximum absolute atomic E-state index is 13.2. The Balaban J connectivity index is 2.37. The topological polar surface area (TPSA) is 71.1 Å². The first-order valence-corrected chi connectivity index (χ1v) is 10.3. The third-order valence-electron chi connectivity index (χ3n) is 5.52. The first kappa shape index (κ1) is 23.2. The largest absolute Gasteiger partial charge is 0.491 e.